The van der Waals surface area contributed by atoms with Crippen LogP contribution in [0.4, 0.5) is 0 Å². The van der Waals surface area contributed by atoms with Crippen molar-refractivity contribution in [2.45, 2.75) is 32.2 Å². The van der Waals surface area contributed by atoms with Gasteiger partial charge in [-0.2, -0.15) is 0 Å². The summed E-state index contributed by atoms with van der Waals surface area (Å²) < 4.78 is 5.74. The Morgan fingerprint density at radius 2 is 1.87 bits per heavy atom. The molecule has 0 spiro atoms. The number of carbonyl (C=O) groups excluding carboxylic acids is 1. The molecule has 1 aliphatic rings. The first-order valence-corrected chi connectivity index (χ1v) is 8.35. The zero-order chi connectivity index (χ0) is 16.1. The topological polar surface area (TPSA) is 38.3 Å². The van der Waals surface area contributed by atoms with Gasteiger partial charge in [0.25, 0.3) is 5.91 Å². The number of aryl methyl sites for hydroxylation is 1. The Morgan fingerprint density at radius 3 is 2.70 bits per heavy atom. The average Bonchev–Trinajstić information content (AvgIpc) is 2.59. The first kappa shape index (κ1) is 15.9. The number of benzene rings is 2. The lowest BCUT2D eigenvalue weighted by molar-refractivity contribution is -0.123. The summed E-state index contributed by atoms with van der Waals surface area (Å²) in [5.74, 6) is 0.734. The third kappa shape index (κ3) is 4.26. The molecule has 0 fully saturated rings. The van der Waals surface area contributed by atoms with E-state index in [4.69, 9.17) is 16.3 Å². The Labute approximate surface area is 141 Å². The van der Waals surface area contributed by atoms with Crippen LogP contribution in [0.2, 0.25) is 5.02 Å². The molecular weight excluding hydrogens is 310 g/mol. The van der Waals surface area contributed by atoms with Gasteiger partial charge in [-0.1, -0.05) is 35.9 Å². The van der Waals surface area contributed by atoms with E-state index in [1.807, 2.05) is 36.4 Å². The molecule has 23 heavy (non-hydrogen) atoms. The van der Waals surface area contributed by atoms with E-state index in [1.54, 1.807) is 0 Å². The monoisotopic (exact) mass is 329 g/mol. The molecule has 120 valence electrons. The molecular formula is C19H20ClNO2. The second kappa shape index (κ2) is 7.51. The fourth-order valence-corrected chi connectivity index (χ4v) is 3.00. The Kier molecular flexibility index (Phi) is 5.19. The van der Waals surface area contributed by atoms with Gasteiger partial charge in [-0.05, 0) is 60.6 Å². The highest BCUT2D eigenvalue weighted by atomic mass is 35.5. The lowest BCUT2D eigenvalue weighted by atomic mass is 9.91. The normalized spacial score (nSPS) is 13.3. The molecule has 0 saturated carbocycles. The molecule has 0 heterocycles. The van der Waals surface area contributed by atoms with Crippen molar-refractivity contribution in [1.29, 1.82) is 0 Å². The predicted octanol–water partition coefficient (Wildman–Crippen LogP) is 3.91. The van der Waals surface area contributed by atoms with Crippen LogP contribution in [-0.2, 0) is 24.2 Å². The van der Waals surface area contributed by atoms with Crippen molar-refractivity contribution < 1.29 is 9.53 Å². The van der Waals surface area contributed by atoms with E-state index in [0.29, 0.717) is 11.6 Å². The van der Waals surface area contributed by atoms with E-state index >= 15 is 0 Å². The number of fused-ring (bicyclic) bond motifs is 1. The Morgan fingerprint density at radius 1 is 1.09 bits per heavy atom. The molecule has 1 amide bonds. The first-order valence-electron chi connectivity index (χ1n) is 7.97. The molecule has 0 unspecified atom stereocenters. The number of halogens is 1. The summed E-state index contributed by atoms with van der Waals surface area (Å²) in [6.07, 6.45) is 4.57. The fraction of sp³-hybridized carbons (Fsp3) is 0.316. The number of carbonyl (C=O) groups is 1. The van der Waals surface area contributed by atoms with Crippen LogP contribution in [0.15, 0.2) is 42.5 Å². The number of amides is 1. The number of hydrogen-bond acceptors (Lipinski definition) is 2. The van der Waals surface area contributed by atoms with Gasteiger partial charge in [-0.15, -0.1) is 0 Å². The summed E-state index contributed by atoms with van der Waals surface area (Å²) in [6, 6.07) is 13.5. The van der Waals surface area contributed by atoms with Crippen LogP contribution in [0, 0.1) is 0 Å². The van der Waals surface area contributed by atoms with E-state index in [0.717, 1.165) is 24.2 Å². The van der Waals surface area contributed by atoms with Crippen molar-refractivity contribution in [3.8, 4) is 5.75 Å². The second-order valence-electron chi connectivity index (χ2n) is 5.79. The van der Waals surface area contributed by atoms with E-state index in [1.165, 1.54) is 24.0 Å². The number of nitrogens with one attached hydrogen (secondary N) is 1. The van der Waals surface area contributed by atoms with Crippen LogP contribution in [0.1, 0.15) is 29.5 Å². The summed E-state index contributed by atoms with van der Waals surface area (Å²) in [5, 5.41) is 3.55. The van der Waals surface area contributed by atoms with Gasteiger partial charge in [-0.3, -0.25) is 4.79 Å². The lowest BCUT2D eigenvalue weighted by Crippen LogP contribution is -2.28. The molecule has 1 aliphatic carbocycles. The first-order chi connectivity index (χ1) is 11.2. The van der Waals surface area contributed by atoms with Gasteiger partial charge < -0.3 is 10.1 Å². The van der Waals surface area contributed by atoms with Crippen molar-refractivity contribution in [2.75, 3.05) is 6.61 Å². The molecule has 0 atom stereocenters. The SMILES string of the molecule is O=C(COc1cccc2c1CCCC2)NCc1ccc(Cl)cc1. The molecule has 1 N–H and O–H groups in total. The zero-order valence-corrected chi connectivity index (χ0v) is 13.7. The molecule has 0 saturated heterocycles. The highest BCUT2D eigenvalue weighted by molar-refractivity contribution is 6.30. The van der Waals surface area contributed by atoms with E-state index in [-0.39, 0.29) is 12.5 Å². The molecule has 2 aromatic rings. The molecule has 4 heteroatoms. The highest BCUT2D eigenvalue weighted by Crippen LogP contribution is 2.29. The fourth-order valence-electron chi connectivity index (χ4n) is 2.88. The number of hydrogen-bond donors (Lipinski definition) is 1. The van der Waals surface area contributed by atoms with Crippen LogP contribution in [0.25, 0.3) is 0 Å². The van der Waals surface area contributed by atoms with Crippen molar-refractivity contribution >= 4 is 17.5 Å². The van der Waals surface area contributed by atoms with E-state index < -0.39 is 0 Å². The Balaban J connectivity index is 1.52. The quantitative estimate of drug-likeness (QED) is 0.903. The van der Waals surface area contributed by atoms with E-state index in [9.17, 15) is 4.79 Å². The van der Waals surface area contributed by atoms with Crippen molar-refractivity contribution in [3.63, 3.8) is 0 Å². The van der Waals surface area contributed by atoms with Gasteiger partial charge in [0.2, 0.25) is 0 Å². The molecule has 0 aliphatic heterocycles. The Hall–Kier alpha value is -2.00. The lowest BCUT2D eigenvalue weighted by Gasteiger charge is -2.19. The highest BCUT2D eigenvalue weighted by Gasteiger charge is 2.14. The smallest absolute Gasteiger partial charge is 0.258 e. The van der Waals surface area contributed by atoms with E-state index in [2.05, 4.69) is 11.4 Å². The van der Waals surface area contributed by atoms with Crippen LogP contribution in [0.3, 0.4) is 0 Å². The van der Waals surface area contributed by atoms with Crippen LogP contribution in [0.5, 0.6) is 5.75 Å². The van der Waals surface area contributed by atoms with Crippen LogP contribution < -0.4 is 10.1 Å². The van der Waals surface area contributed by atoms with Crippen molar-refractivity contribution in [3.05, 3.63) is 64.2 Å². The molecule has 3 nitrogen and oxygen atoms in total. The van der Waals surface area contributed by atoms with Gasteiger partial charge in [-0.25, -0.2) is 0 Å². The summed E-state index contributed by atoms with van der Waals surface area (Å²) in [6.45, 7) is 0.524. The third-order valence-electron chi connectivity index (χ3n) is 4.11. The van der Waals surface area contributed by atoms with Crippen LogP contribution >= 0.6 is 11.6 Å². The maximum atomic E-state index is 12.0. The standard InChI is InChI=1S/C19H20ClNO2/c20-16-10-8-14(9-11-16)12-21-19(22)13-23-18-7-3-5-15-4-1-2-6-17(15)18/h3,5,7-11H,1-2,4,6,12-13H2,(H,21,22). The minimum absolute atomic E-state index is 0.0457. The van der Waals surface area contributed by atoms with Crippen LogP contribution in [-0.4, -0.2) is 12.5 Å². The molecule has 2 aromatic carbocycles. The summed E-state index contributed by atoms with van der Waals surface area (Å²) in [7, 11) is 0. The largest absolute Gasteiger partial charge is 0.483 e. The minimum atomic E-state index is -0.117. The summed E-state index contributed by atoms with van der Waals surface area (Å²) in [4.78, 5) is 12.0. The van der Waals surface area contributed by atoms with Gasteiger partial charge in [0.15, 0.2) is 6.61 Å². The molecule has 3 rings (SSSR count). The summed E-state index contributed by atoms with van der Waals surface area (Å²) >= 11 is 5.84. The number of rotatable bonds is 5. The molecule has 0 bridgehead atoms. The third-order valence-corrected chi connectivity index (χ3v) is 4.37. The maximum Gasteiger partial charge on any atom is 0.258 e. The average molecular weight is 330 g/mol. The Bertz CT molecular complexity index is 682. The minimum Gasteiger partial charge on any atom is -0.483 e. The summed E-state index contributed by atoms with van der Waals surface area (Å²) in [5.41, 5.74) is 3.64. The van der Waals surface area contributed by atoms with Gasteiger partial charge >= 0.3 is 0 Å². The van der Waals surface area contributed by atoms with Crippen molar-refractivity contribution in [2.24, 2.45) is 0 Å². The van der Waals surface area contributed by atoms with Gasteiger partial charge in [0.05, 0.1) is 0 Å². The molecule has 0 aromatic heterocycles. The second-order valence-corrected chi connectivity index (χ2v) is 6.23. The van der Waals surface area contributed by atoms with Gasteiger partial charge in [0, 0.05) is 11.6 Å². The van der Waals surface area contributed by atoms with Crippen molar-refractivity contribution in [1.82, 2.24) is 5.32 Å². The predicted molar refractivity (Wildman–Crippen MR) is 91.9 cm³/mol. The maximum absolute atomic E-state index is 12.0. The van der Waals surface area contributed by atoms with Gasteiger partial charge in [0.1, 0.15) is 5.75 Å². The zero-order valence-electron chi connectivity index (χ0n) is 13.0. The number of ether oxygens (including phenoxy) is 1. The molecule has 0 radical (unpaired) electrons.